The number of carboxylic acids is 1. The number of rotatable bonds is 6. The van der Waals surface area contributed by atoms with Crippen LogP contribution in [0.15, 0.2) is 78.9 Å². The first kappa shape index (κ1) is 22.1. The molecule has 0 bridgehead atoms. The van der Waals surface area contributed by atoms with Crippen molar-refractivity contribution in [3.8, 4) is 0 Å². The summed E-state index contributed by atoms with van der Waals surface area (Å²) in [7, 11) is 0. The summed E-state index contributed by atoms with van der Waals surface area (Å²) in [5.74, 6) is -0.518. The molecule has 1 heterocycles. The Balaban J connectivity index is 1.70. The third kappa shape index (κ3) is 4.27. The largest absolute Gasteiger partial charge is 0.478 e. The summed E-state index contributed by atoms with van der Waals surface area (Å²) in [6, 6.07) is 24.4. The molecular formula is C29H27FN2O2. The topological polar surface area (TPSA) is 61.4 Å². The van der Waals surface area contributed by atoms with Crippen LogP contribution in [0.4, 0.5) is 10.1 Å². The number of allylic oxidation sites excluding steroid dienone is 2. The maximum atomic E-state index is 14.5. The Hall–Kier alpha value is -3.70. The summed E-state index contributed by atoms with van der Waals surface area (Å²) < 4.78 is 14.5. The number of benzene rings is 3. The van der Waals surface area contributed by atoms with Crippen molar-refractivity contribution in [2.75, 3.05) is 5.43 Å². The Morgan fingerprint density at radius 1 is 0.941 bits per heavy atom. The van der Waals surface area contributed by atoms with Crippen LogP contribution in [-0.2, 0) is 4.79 Å². The first-order chi connectivity index (χ1) is 16.5. The van der Waals surface area contributed by atoms with Crippen molar-refractivity contribution in [1.29, 1.82) is 0 Å². The van der Waals surface area contributed by atoms with Gasteiger partial charge in [-0.05, 0) is 76.8 Å². The van der Waals surface area contributed by atoms with E-state index in [0.717, 1.165) is 40.8 Å². The Morgan fingerprint density at radius 3 is 2.26 bits per heavy atom. The van der Waals surface area contributed by atoms with Gasteiger partial charge in [0, 0.05) is 11.6 Å². The lowest BCUT2D eigenvalue weighted by Crippen LogP contribution is -2.15. The molecule has 5 heteroatoms. The zero-order chi connectivity index (χ0) is 23.7. The molecule has 172 valence electrons. The van der Waals surface area contributed by atoms with Gasteiger partial charge in [-0.25, -0.2) is 14.6 Å². The molecule has 3 aromatic carbocycles. The van der Waals surface area contributed by atoms with Crippen molar-refractivity contribution < 1.29 is 14.3 Å². The second-order valence-electron chi connectivity index (χ2n) is 8.96. The number of carboxylic acid groups (broad SMARTS) is 1. The fourth-order valence-electron chi connectivity index (χ4n) is 4.81. The molecule has 3 N–H and O–H groups in total. The molecule has 1 aliphatic carbocycles. The van der Waals surface area contributed by atoms with Crippen LogP contribution in [0.5, 0.6) is 0 Å². The second-order valence-corrected chi connectivity index (χ2v) is 8.96. The number of nitrogens with one attached hydrogen (secondary N) is 2. The third-order valence-electron chi connectivity index (χ3n) is 6.78. The Bertz CT molecular complexity index is 1280. The van der Waals surface area contributed by atoms with Gasteiger partial charge >= 0.3 is 5.97 Å². The van der Waals surface area contributed by atoms with Gasteiger partial charge in [0.1, 0.15) is 0 Å². The van der Waals surface area contributed by atoms with Crippen LogP contribution < -0.4 is 10.9 Å². The quantitative estimate of drug-likeness (QED) is 0.217. The van der Waals surface area contributed by atoms with Crippen molar-refractivity contribution in [3.05, 3.63) is 107 Å². The van der Waals surface area contributed by atoms with Gasteiger partial charge in [-0.1, -0.05) is 67.1 Å². The first-order valence-electron chi connectivity index (χ1n) is 11.6. The number of alkyl halides is 1. The highest BCUT2D eigenvalue weighted by Crippen LogP contribution is 2.46. The van der Waals surface area contributed by atoms with Crippen molar-refractivity contribution >= 4 is 28.4 Å². The van der Waals surface area contributed by atoms with E-state index < -0.39 is 12.3 Å². The molecular weight excluding hydrogens is 427 g/mol. The van der Waals surface area contributed by atoms with Crippen LogP contribution in [0, 0.1) is 5.92 Å². The molecule has 0 spiro atoms. The number of hydrogen-bond donors (Lipinski definition) is 3. The van der Waals surface area contributed by atoms with Gasteiger partial charge in [0.25, 0.3) is 0 Å². The van der Waals surface area contributed by atoms with E-state index in [2.05, 4.69) is 35.1 Å². The van der Waals surface area contributed by atoms with E-state index in [-0.39, 0.29) is 0 Å². The number of anilines is 1. The number of hydrogen-bond acceptors (Lipinski definition) is 3. The van der Waals surface area contributed by atoms with Gasteiger partial charge in [-0.2, -0.15) is 0 Å². The molecule has 1 fully saturated rings. The molecule has 0 amide bonds. The van der Waals surface area contributed by atoms with E-state index in [4.69, 9.17) is 5.11 Å². The van der Waals surface area contributed by atoms with Crippen molar-refractivity contribution in [3.63, 3.8) is 0 Å². The normalized spacial score (nSPS) is 18.5. The summed E-state index contributed by atoms with van der Waals surface area (Å²) in [5, 5.41) is 9.10. The number of hydrazine groups is 1. The van der Waals surface area contributed by atoms with Crippen LogP contribution in [0.3, 0.4) is 0 Å². The van der Waals surface area contributed by atoms with Crippen molar-refractivity contribution in [2.45, 2.75) is 32.5 Å². The van der Waals surface area contributed by atoms with Gasteiger partial charge in [0.2, 0.25) is 0 Å². The molecule has 5 rings (SSSR count). The SMILES string of the molecule is C/C(=C\C(=O)O)c1ccc(/C(=C(\c2ccccc2)C2CCC2)c2ccc3c(c2)C(F)NN3)cc1. The van der Waals surface area contributed by atoms with Crippen molar-refractivity contribution in [1.82, 2.24) is 5.43 Å². The highest BCUT2D eigenvalue weighted by atomic mass is 19.1. The van der Waals surface area contributed by atoms with Gasteiger partial charge in [0.15, 0.2) is 6.30 Å². The number of fused-ring (bicyclic) bond motifs is 1. The Kier molecular flexibility index (Phi) is 6.03. The monoisotopic (exact) mass is 454 g/mol. The summed E-state index contributed by atoms with van der Waals surface area (Å²) in [4.78, 5) is 11.1. The number of halogens is 1. The zero-order valence-corrected chi connectivity index (χ0v) is 19.0. The van der Waals surface area contributed by atoms with Gasteiger partial charge in [-0.3, -0.25) is 0 Å². The minimum Gasteiger partial charge on any atom is -0.478 e. The first-order valence-corrected chi connectivity index (χ1v) is 11.6. The van der Waals surface area contributed by atoms with E-state index in [0.29, 0.717) is 17.1 Å². The number of aliphatic carboxylic acids is 1. The van der Waals surface area contributed by atoms with Gasteiger partial charge < -0.3 is 10.5 Å². The fourth-order valence-corrected chi connectivity index (χ4v) is 4.81. The maximum absolute atomic E-state index is 14.5. The maximum Gasteiger partial charge on any atom is 0.328 e. The van der Waals surface area contributed by atoms with Crippen LogP contribution in [-0.4, -0.2) is 11.1 Å². The van der Waals surface area contributed by atoms with Crippen molar-refractivity contribution in [2.24, 2.45) is 5.92 Å². The van der Waals surface area contributed by atoms with Crippen LogP contribution in [0.2, 0.25) is 0 Å². The molecule has 2 aliphatic rings. The Labute approximate surface area is 198 Å². The van der Waals surface area contributed by atoms with E-state index in [1.54, 1.807) is 6.92 Å². The highest BCUT2D eigenvalue weighted by molar-refractivity contribution is 6.00. The van der Waals surface area contributed by atoms with Crippen LogP contribution in [0.1, 0.15) is 60.3 Å². The van der Waals surface area contributed by atoms with E-state index >= 15 is 0 Å². The third-order valence-corrected chi connectivity index (χ3v) is 6.78. The Morgan fingerprint density at radius 2 is 1.62 bits per heavy atom. The zero-order valence-electron chi connectivity index (χ0n) is 19.0. The minimum atomic E-state index is -1.26. The smallest absolute Gasteiger partial charge is 0.328 e. The minimum absolute atomic E-state index is 0.441. The molecule has 1 atom stereocenters. The lowest BCUT2D eigenvalue weighted by atomic mass is 9.73. The summed E-state index contributed by atoms with van der Waals surface area (Å²) >= 11 is 0. The lowest BCUT2D eigenvalue weighted by molar-refractivity contribution is -0.131. The fraction of sp³-hybridized carbons (Fsp3) is 0.207. The van der Waals surface area contributed by atoms with E-state index in [9.17, 15) is 9.18 Å². The molecule has 3 aromatic rings. The standard InChI is InChI=1S/C29H27FN2O2/c1-18(16-26(33)34)19-10-12-22(13-11-19)28(23-14-15-25-24(17-23)29(30)32-31-25)27(21-8-5-9-21)20-6-3-2-4-7-20/h2-4,6-7,10-17,21,29,31-32H,5,8-9H2,1H3,(H,33,34)/b18-16+,28-27-. The van der Waals surface area contributed by atoms with Gasteiger partial charge in [-0.15, -0.1) is 0 Å². The molecule has 1 unspecified atom stereocenters. The predicted molar refractivity (Wildman–Crippen MR) is 134 cm³/mol. The average molecular weight is 455 g/mol. The molecule has 0 aromatic heterocycles. The molecule has 0 radical (unpaired) electrons. The predicted octanol–water partition coefficient (Wildman–Crippen LogP) is 6.83. The molecule has 34 heavy (non-hydrogen) atoms. The van der Waals surface area contributed by atoms with E-state index in [1.807, 2.05) is 48.5 Å². The van der Waals surface area contributed by atoms with Crippen LogP contribution in [0.25, 0.3) is 16.7 Å². The summed E-state index contributed by atoms with van der Waals surface area (Å²) in [6.07, 6.45) is 3.43. The second kappa shape index (κ2) is 9.27. The molecule has 4 nitrogen and oxygen atoms in total. The van der Waals surface area contributed by atoms with E-state index in [1.165, 1.54) is 23.6 Å². The van der Waals surface area contributed by atoms with Crippen LogP contribution >= 0.6 is 0 Å². The summed E-state index contributed by atoms with van der Waals surface area (Å²) in [6.45, 7) is 1.80. The molecule has 0 saturated heterocycles. The average Bonchev–Trinajstić information content (AvgIpc) is 3.18. The molecule has 1 aliphatic heterocycles. The number of carbonyl (C=O) groups is 1. The highest BCUT2D eigenvalue weighted by Gasteiger charge is 2.28. The summed E-state index contributed by atoms with van der Waals surface area (Å²) in [5.41, 5.74) is 14.0. The van der Waals surface area contributed by atoms with Gasteiger partial charge in [0.05, 0.1) is 5.69 Å². The lowest BCUT2D eigenvalue weighted by Gasteiger charge is -2.31. The molecule has 1 saturated carbocycles.